The van der Waals surface area contributed by atoms with E-state index in [1.54, 1.807) is 49.4 Å². The number of hydrogen-bond acceptors (Lipinski definition) is 3. The van der Waals surface area contributed by atoms with Gasteiger partial charge < -0.3 is 14.8 Å². The average Bonchev–Trinajstić information content (AvgIpc) is 2.52. The van der Waals surface area contributed by atoms with Crippen LogP contribution in [0.1, 0.15) is 13.8 Å². The second-order valence-corrected chi connectivity index (χ2v) is 6.07. The predicted molar refractivity (Wildman–Crippen MR) is 95.5 cm³/mol. The zero-order chi connectivity index (χ0) is 16.8. The quantitative estimate of drug-likeness (QED) is 0.752. The highest BCUT2D eigenvalue weighted by molar-refractivity contribution is 9.10. The molecule has 0 spiro atoms. The zero-order valence-electron chi connectivity index (χ0n) is 12.8. The van der Waals surface area contributed by atoms with E-state index >= 15 is 0 Å². The van der Waals surface area contributed by atoms with Crippen LogP contribution in [0.5, 0.6) is 11.5 Å². The summed E-state index contributed by atoms with van der Waals surface area (Å²) < 4.78 is 11.7. The lowest BCUT2D eigenvalue weighted by Gasteiger charge is -2.16. The Morgan fingerprint density at radius 3 is 2.57 bits per heavy atom. The van der Waals surface area contributed by atoms with Gasteiger partial charge in [0.1, 0.15) is 11.5 Å². The summed E-state index contributed by atoms with van der Waals surface area (Å²) in [7, 11) is 0. The van der Waals surface area contributed by atoms with Crippen molar-refractivity contribution in [3.8, 4) is 11.5 Å². The number of carbonyl (C=O) groups is 1. The Balaban J connectivity index is 1.96. The molecule has 6 heteroatoms. The SMILES string of the molecule is CCOc1ccc(NC(=O)C(C)Oc2ccc(Cl)cc2Br)cc1. The smallest absolute Gasteiger partial charge is 0.265 e. The van der Waals surface area contributed by atoms with Gasteiger partial charge in [-0.1, -0.05) is 11.6 Å². The van der Waals surface area contributed by atoms with Crippen molar-refractivity contribution in [2.45, 2.75) is 20.0 Å². The normalized spacial score (nSPS) is 11.7. The highest BCUT2D eigenvalue weighted by atomic mass is 79.9. The standard InChI is InChI=1S/C17H17BrClNO3/c1-3-22-14-7-5-13(6-8-14)20-17(21)11(2)23-16-9-4-12(19)10-15(16)18/h4-11H,3H2,1-2H3,(H,20,21). The first-order chi connectivity index (χ1) is 11.0. The lowest BCUT2D eigenvalue weighted by Crippen LogP contribution is -2.30. The number of ether oxygens (including phenoxy) is 2. The molecule has 2 rings (SSSR count). The zero-order valence-corrected chi connectivity index (χ0v) is 15.1. The molecule has 4 nitrogen and oxygen atoms in total. The minimum absolute atomic E-state index is 0.240. The van der Waals surface area contributed by atoms with Gasteiger partial charge in [-0.2, -0.15) is 0 Å². The fourth-order valence-electron chi connectivity index (χ4n) is 1.86. The molecule has 0 heterocycles. The number of benzene rings is 2. The van der Waals surface area contributed by atoms with Crippen molar-refractivity contribution >= 4 is 39.1 Å². The van der Waals surface area contributed by atoms with Gasteiger partial charge in [-0.3, -0.25) is 4.79 Å². The molecule has 1 amide bonds. The van der Waals surface area contributed by atoms with Crippen molar-refractivity contribution in [3.05, 3.63) is 52.0 Å². The third-order valence-electron chi connectivity index (χ3n) is 3.00. The van der Waals surface area contributed by atoms with Gasteiger partial charge in [0.05, 0.1) is 11.1 Å². The molecule has 0 saturated carbocycles. The van der Waals surface area contributed by atoms with Gasteiger partial charge in [0, 0.05) is 10.7 Å². The second-order valence-electron chi connectivity index (χ2n) is 4.78. The van der Waals surface area contributed by atoms with E-state index < -0.39 is 6.10 Å². The van der Waals surface area contributed by atoms with Crippen LogP contribution in [0, 0.1) is 0 Å². The Labute approximate surface area is 148 Å². The van der Waals surface area contributed by atoms with E-state index in [2.05, 4.69) is 21.2 Å². The molecule has 0 aliphatic rings. The monoisotopic (exact) mass is 397 g/mol. The average molecular weight is 399 g/mol. The molecule has 0 aliphatic heterocycles. The van der Waals surface area contributed by atoms with Crippen LogP contribution in [0.3, 0.4) is 0 Å². The van der Waals surface area contributed by atoms with E-state index in [1.807, 2.05) is 6.92 Å². The van der Waals surface area contributed by atoms with Gasteiger partial charge >= 0.3 is 0 Å². The van der Waals surface area contributed by atoms with E-state index in [1.165, 1.54) is 0 Å². The van der Waals surface area contributed by atoms with Gasteiger partial charge in [0.15, 0.2) is 6.10 Å². The molecule has 0 saturated heterocycles. The third kappa shape index (κ3) is 5.15. The summed E-state index contributed by atoms with van der Waals surface area (Å²) >= 11 is 9.24. The van der Waals surface area contributed by atoms with Gasteiger partial charge in [-0.25, -0.2) is 0 Å². The summed E-state index contributed by atoms with van der Waals surface area (Å²) in [6.07, 6.45) is -0.654. The summed E-state index contributed by atoms with van der Waals surface area (Å²) in [5.74, 6) is 1.08. The Kier molecular flexibility index (Phi) is 6.30. The Morgan fingerprint density at radius 1 is 1.26 bits per heavy atom. The van der Waals surface area contributed by atoms with Crippen LogP contribution in [-0.4, -0.2) is 18.6 Å². The number of amides is 1. The second kappa shape index (κ2) is 8.22. The molecule has 0 aromatic heterocycles. The van der Waals surface area contributed by atoms with Gasteiger partial charge in [-0.15, -0.1) is 0 Å². The summed E-state index contributed by atoms with van der Waals surface area (Å²) in [6.45, 7) is 4.21. The van der Waals surface area contributed by atoms with Gasteiger partial charge in [-0.05, 0) is 72.2 Å². The van der Waals surface area contributed by atoms with Crippen molar-refractivity contribution in [2.24, 2.45) is 0 Å². The molecule has 0 fully saturated rings. The maximum Gasteiger partial charge on any atom is 0.265 e. The topological polar surface area (TPSA) is 47.6 Å². The van der Waals surface area contributed by atoms with E-state index in [0.717, 1.165) is 5.75 Å². The fourth-order valence-corrected chi connectivity index (χ4v) is 2.64. The molecule has 23 heavy (non-hydrogen) atoms. The highest BCUT2D eigenvalue weighted by Crippen LogP contribution is 2.29. The van der Waals surface area contributed by atoms with Crippen molar-refractivity contribution in [1.29, 1.82) is 0 Å². The molecule has 2 aromatic rings. The van der Waals surface area contributed by atoms with Crippen LogP contribution >= 0.6 is 27.5 Å². The van der Waals surface area contributed by atoms with Gasteiger partial charge in [0.25, 0.3) is 5.91 Å². The molecule has 1 N–H and O–H groups in total. The van der Waals surface area contributed by atoms with Crippen LogP contribution in [0.2, 0.25) is 5.02 Å². The van der Waals surface area contributed by atoms with Crippen LogP contribution in [0.25, 0.3) is 0 Å². The lowest BCUT2D eigenvalue weighted by molar-refractivity contribution is -0.122. The van der Waals surface area contributed by atoms with Crippen molar-refractivity contribution in [3.63, 3.8) is 0 Å². The molecule has 2 aromatic carbocycles. The number of hydrogen-bond donors (Lipinski definition) is 1. The third-order valence-corrected chi connectivity index (χ3v) is 3.85. The molecule has 1 atom stereocenters. The predicted octanol–water partition coefficient (Wildman–Crippen LogP) is 4.91. The first-order valence-electron chi connectivity index (χ1n) is 7.15. The molecule has 0 radical (unpaired) electrons. The maximum absolute atomic E-state index is 12.2. The first kappa shape index (κ1) is 17.6. The molecule has 1 unspecified atom stereocenters. The summed E-state index contributed by atoms with van der Waals surface area (Å²) in [5.41, 5.74) is 0.684. The molecule has 0 aliphatic carbocycles. The highest BCUT2D eigenvalue weighted by Gasteiger charge is 2.16. The number of anilines is 1. The first-order valence-corrected chi connectivity index (χ1v) is 8.32. The minimum atomic E-state index is -0.654. The van der Waals surface area contributed by atoms with Crippen molar-refractivity contribution in [1.82, 2.24) is 0 Å². The van der Waals surface area contributed by atoms with E-state index in [4.69, 9.17) is 21.1 Å². The largest absolute Gasteiger partial charge is 0.494 e. The Morgan fingerprint density at radius 2 is 1.96 bits per heavy atom. The summed E-state index contributed by atoms with van der Waals surface area (Å²) in [5, 5.41) is 3.39. The fraction of sp³-hybridized carbons (Fsp3) is 0.235. The van der Waals surface area contributed by atoms with Crippen molar-refractivity contribution < 1.29 is 14.3 Å². The van der Waals surface area contributed by atoms with Crippen LogP contribution in [0.15, 0.2) is 46.9 Å². The van der Waals surface area contributed by atoms with Crippen molar-refractivity contribution in [2.75, 3.05) is 11.9 Å². The summed E-state index contributed by atoms with van der Waals surface area (Å²) in [6, 6.07) is 12.3. The molecular formula is C17H17BrClNO3. The van der Waals surface area contributed by atoms with E-state index in [9.17, 15) is 4.79 Å². The molecule has 0 bridgehead atoms. The van der Waals surface area contributed by atoms with Crippen LogP contribution < -0.4 is 14.8 Å². The number of carbonyl (C=O) groups excluding carboxylic acids is 1. The van der Waals surface area contributed by atoms with E-state index in [-0.39, 0.29) is 5.91 Å². The van der Waals surface area contributed by atoms with Gasteiger partial charge in [0.2, 0.25) is 0 Å². The summed E-state index contributed by atoms with van der Waals surface area (Å²) in [4.78, 5) is 12.2. The molecule has 122 valence electrons. The Bertz CT molecular complexity index is 676. The maximum atomic E-state index is 12.2. The number of nitrogens with one attached hydrogen (secondary N) is 1. The minimum Gasteiger partial charge on any atom is -0.494 e. The number of rotatable bonds is 6. The molecular weight excluding hydrogens is 382 g/mol. The Hall–Kier alpha value is -1.72. The van der Waals surface area contributed by atoms with Crippen LogP contribution in [0.4, 0.5) is 5.69 Å². The lowest BCUT2D eigenvalue weighted by atomic mass is 10.2. The van der Waals surface area contributed by atoms with E-state index in [0.29, 0.717) is 27.5 Å². The van der Waals surface area contributed by atoms with Crippen LogP contribution in [-0.2, 0) is 4.79 Å². The number of halogens is 2.